The van der Waals surface area contributed by atoms with Gasteiger partial charge < -0.3 is 4.74 Å². The fourth-order valence-corrected chi connectivity index (χ4v) is 1.72. The maximum Gasteiger partial charge on any atom is 0.402 e. The second-order valence-corrected chi connectivity index (χ2v) is 4.29. The molecule has 2 nitrogen and oxygen atoms in total. The predicted octanol–water partition coefficient (Wildman–Crippen LogP) is 3.75. The van der Waals surface area contributed by atoms with E-state index < -0.39 is 18.1 Å². The summed E-state index contributed by atoms with van der Waals surface area (Å²) >= 11 is 0. The van der Waals surface area contributed by atoms with Crippen LogP contribution in [0, 0.1) is 5.92 Å². The Kier molecular flexibility index (Phi) is 5.86. The van der Waals surface area contributed by atoms with Crippen LogP contribution in [0.15, 0.2) is 30.3 Å². The highest BCUT2D eigenvalue weighted by atomic mass is 19.4. The summed E-state index contributed by atoms with van der Waals surface area (Å²) in [6, 6.07) is 9.16. The fourth-order valence-electron chi connectivity index (χ4n) is 1.72. The standard InChI is InChI=1S/C14H17F3O2/c1-2-6-12(14(15,16)17)13(18)19-10-9-11-7-4-3-5-8-11/h3-5,7-8,12H,2,6,9-10H2,1H3. The normalized spacial score (nSPS) is 13.1. The highest BCUT2D eigenvalue weighted by Gasteiger charge is 2.45. The summed E-state index contributed by atoms with van der Waals surface area (Å²) < 4.78 is 42.5. The highest BCUT2D eigenvalue weighted by molar-refractivity contribution is 5.73. The maximum atomic E-state index is 12.6. The summed E-state index contributed by atoms with van der Waals surface area (Å²) in [4.78, 5) is 11.4. The minimum Gasteiger partial charge on any atom is -0.465 e. The molecule has 5 heteroatoms. The van der Waals surface area contributed by atoms with E-state index in [0.717, 1.165) is 5.56 Å². The summed E-state index contributed by atoms with van der Waals surface area (Å²) in [5.74, 6) is -3.18. The predicted molar refractivity (Wildman–Crippen MR) is 65.6 cm³/mol. The first-order valence-electron chi connectivity index (χ1n) is 6.22. The zero-order valence-electron chi connectivity index (χ0n) is 10.7. The van der Waals surface area contributed by atoms with Crippen molar-refractivity contribution in [3.05, 3.63) is 35.9 Å². The van der Waals surface area contributed by atoms with Gasteiger partial charge in [-0.25, -0.2) is 0 Å². The van der Waals surface area contributed by atoms with Gasteiger partial charge in [-0.1, -0.05) is 43.7 Å². The Morgan fingerprint density at radius 1 is 1.26 bits per heavy atom. The van der Waals surface area contributed by atoms with Crippen molar-refractivity contribution in [3.63, 3.8) is 0 Å². The largest absolute Gasteiger partial charge is 0.465 e. The molecule has 0 N–H and O–H groups in total. The number of benzene rings is 1. The van der Waals surface area contributed by atoms with E-state index in [4.69, 9.17) is 4.74 Å². The molecule has 0 saturated carbocycles. The zero-order chi connectivity index (χ0) is 14.3. The van der Waals surface area contributed by atoms with Gasteiger partial charge in [0.15, 0.2) is 5.92 Å². The lowest BCUT2D eigenvalue weighted by Gasteiger charge is -2.18. The van der Waals surface area contributed by atoms with Crippen molar-refractivity contribution in [2.24, 2.45) is 5.92 Å². The number of alkyl halides is 3. The molecule has 0 aliphatic heterocycles. The van der Waals surface area contributed by atoms with Gasteiger partial charge in [-0.05, 0) is 12.0 Å². The molecule has 19 heavy (non-hydrogen) atoms. The van der Waals surface area contributed by atoms with E-state index in [9.17, 15) is 18.0 Å². The van der Waals surface area contributed by atoms with Crippen molar-refractivity contribution in [2.75, 3.05) is 6.61 Å². The molecule has 1 aromatic rings. The van der Waals surface area contributed by atoms with Gasteiger partial charge in [-0.2, -0.15) is 13.2 Å². The first-order valence-corrected chi connectivity index (χ1v) is 6.22. The minimum absolute atomic E-state index is 0.0286. The quantitative estimate of drug-likeness (QED) is 0.738. The van der Waals surface area contributed by atoms with Crippen LogP contribution in [0.2, 0.25) is 0 Å². The van der Waals surface area contributed by atoms with Gasteiger partial charge in [-0.15, -0.1) is 0 Å². The van der Waals surface area contributed by atoms with E-state index >= 15 is 0 Å². The molecule has 0 aromatic heterocycles. The number of carbonyl (C=O) groups is 1. The second-order valence-electron chi connectivity index (χ2n) is 4.29. The monoisotopic (exact) mass is 274 g/mol. The Morgan fingerprint density at radius 3 is 2.42 bits per heavy atom. The molecule has 0 fully saturated rings. The summed E-state index contributed by atoms with van der Waals surface area (Å²) in [6.07, 6.45) is -4.05. The first kappa shape index (κ1) is 15.5. The van der Waals surface area contributed by atoms with Gasteiger partial charge in [0, 0.05) is 6.42 Å². The maximum absolute atomic E-state index is 12.6. The van der Waals surface area contributed by atoms with Gasteiger partial charge in [0.05, 0.1) is 6.61 Å². The second kappa shape index (κ2) is 7.16. The van der Waals surface area contributed by atoms with E-state index in [1.165, 1.54) is 0 Å². The Bertz CT molecular complexity index is 387. The van der Waals surface area contributed by atoms with Crippen LogP contribution >= 0.6 is 0 Å². The van der Waals surface area contributed by atoms with Gasteiger partial charge in [-0.3, -0.25) is 4.79 Å². The molecule has 0 spiro atoms. The average Bonchev–Trinajstić information content (AvgIpc) is 2.35. The summed E-state index contributed by atoms with van der Waals surface area (Å²) in [6.45, 7) is 1.58. The number of rotatable bonds is 6. The van der Waals surface area contributed by atoms with Crippen molar-refractivity contribution in [1.82, 2.24) is 0 Å². The molecular weight excluding hydrogens is 257 g/mol. The van der Waals surface area contributed by atoms with Crippen LogP contribution in [0.25, 0.3) is 0 Å². The van der Waals surface area contributed by atoms with Gasteiger partial charge in [0.25, 0.3) is 0 Å². The average molecular weight is 274 g/mol. The molecule has 1 unspecified atom stereocenters. The topological polar surface area (TPSA) is 26.3 Å². The number of esters is 1. The van der Waals surface area contributed by atoms with Gasteiger partial charge >= 0.3 is 12.1 Å². The molecule has 0 aliphatic carbocycles. The zero-order valence-corrected chi connectivity index (χ0v) is 10.7. The Hall–Kier alpha value is -1.52. The minimum atomic E-state index is -4.53. The molecule has 0 bridgehead atoms. The molecule has 1 atom stereocenters. The van der Waals surface area contributed by atoms with Crippen LogP contribution in [-0.2, 0) is 16.0 Å². The fraction of sp³-hybridized carbons (Fsp3) is 0.500. The molecule has 106 valence electrons. The van der Waals surface area contributed by atoms with E-state index in [0.29, 0.717) is 6.42 Å². The summed E-state index contributed by atoms with van der Waals surface area (Å²) in [5, 5.41) is 0. The third-order valence-corrected chi connectivity index (χ3v) is 2.73. The number of halogens is 3. The number of hydrogen-bond donors (Lipinski definition) is 0. The number of hydrogen-bond acceptors (Lipinski definition) is 2. The van der Waals surface area contributed by atoms with Crippen LogP contribution < -0.4 is 0 Å². The Labute approximate surface area is 110 Å². The lowest BCUT2D eigenvalue weighted by Crippen LogP contribution is -2.32. The SMILES string of the molecule is CCCC(C(=O)OCCc1ccccc1)C(F)(F)F. The van der Waals surface area contributed by atoms with Crippen LogP contribution in [0.3, 0.4) is 0 Å². The molecule has 0 aliphatic rings. The molecule has 1 aromatic carbocycles. The van der Waals surface area contributed by atoms with Crippen LogP contribution in [0.1, 0.15) is 25.3 Å². The number of carbonyl (C=O) groups excluding carboxylic acids is 1. The van der Waals surface area contributed by atoms with Crippen LogP contribution in [0.4, 0.5) is 13.2 Å². The van der Waals surface area contributed by atoms with Crippen molar-refractivity contribution in [2.45, 2.75) is 32.4 Å². The van der Waals surface area contributed by atoms with E-state index in [-0.39, 0.29) is 19.4 Å². The third-order valence-electron chi connectivity index (χ3n) is 2.73. The van der Waals surface area contributed by atoms with Crippen molar-refractivity contribution in [3.8, 4) is 0 Å². The van der Waals surface area contributed by atoms with E-state index in [2.05, 4.69) is 0 Å². The molecular formula is C14H17F3O2. The van der Waals surface area contributed by atoms with Crippen molar-refractivity contribution >= 4 is 5.97 Å². The lowest BCUT2D eigenvalue weighted by molar-refractivity contribution is -0.198. The molecule has 1 rings (SSSR count). The number of ether oxygens (including phenoxy) is 1. The van der Waals surface area contributed by atoms with Crippen LogP contribution in [-0.4, -0.2) is 18.8 Å². The molecule has 0 radical (unpaired) electrons. The van der Waals surface area contributed by atoms with Crippen molar-refractivity contribution < 1.29 is 22.7 Å². The highest BCUT2D eigenvalue weighted by Crippen LogP contribution is 2.30. The molecule has 0 heterocycles. The Morgan fingerprint density at radius 2 is 1.89 bits per heavy atom. The molecule has 0 amide bonds. The van der Waals surface area contributed by atoms with E-state index in [1.807, 2.05) is 30.3 Å². The smallest absolute Gasteiger partial charge is 0.402 e. The summed E-state index contributed by atoms with van der Waals surface area (Å²) in [7, 11) is 0. The third kappa shape index (κ3) is 5.32. The van der Waals surface area contributed by atoms with Gasteiger partial charge in [0.1, 0.15) is 0 Å². The lowest BCUT2D eigenvalue weighted by atomic mass is 10.0. The molecule has 0 saturated heterocycles. The van der Waals surface area contributed by atoms with Crippen molar-refractivity contribution in [1.29, 1.82) is 0 Å². The van der Waals surface area contributed by atoms with Gasteiger partial charge in [0.2, 0.25) is 0 Å². The Balaban J connectivity index is 2.45. The first-order chi connectivity index (χ1) is 8.95. The van der Waals surface area contributed by atoms with E-state index in [1.54, 1.807) is 6.92 Å². The van der Waals surface area contributed by atoms with Crippen LogP contribution in [0.5, 0.6) is 0 Å². The summed E-state index contributed by atoms with van der Waals surface area (Å²) in [5.41, 5.74) is 0.925.